The Bertz CT molecular complexity index is 1930. The number of ether oxygens (including phenoxy) is 1. The van der Waals surface area contributed by atoms with E-state index in [0.717, 1.165) is 21.5 Å². The molecular weight excluding hydrogens is 626 g/mol. The monoisotopic (exact) mass is 647 g/mol. The summed E-state index contributed by atoms with van der Waals surface area (Å²) in [5.74, 6) is -0.821. The van der Waals surface area contributed by atoms with Crippen LogP contribution in [0.5, 0.6) is 0 Å². The third-order valence-corrected chi connectivity index (χ3v) is 8.85. The fourth-order valence-corrected chi connectivity index (χ4v) is 6.87. The van der Waals surface area contributed by atoms with Crippen molar-refractivity contribution in [3.05, 3.63) is 124 Å². The van der Waals surface area contributed by atoms with Crippen molar-refractivity contribution in [2.45, 2.75) is 19.9 Å². The van der Waals surface area contributed by atoms with E-state index in [1.807, 2.05) is 55.5 Å². The van der Waals surface area contributed by atoms with Gasteiger partial charge in [0.05, 0.1) is 35.2 Å². The number of thiazole rings is 1. The maximum absolute atomic E-state index is 14.4. The Morgan fingerprint density at radius 3 is 2.46 bits per heavy atom. The molecule has 0 aliphatic carbocycles. The number of esters is 1. The van der Waals surface area contributed by atoms with Crippen LogP contribution in [0.15, 0.2) is 92.6 Å². The van der Waals surface area contributed by atoms with Crippen molar-refractivity contribution in [2.24, 2.45) is 4.99 Å². The summed E-state index contributed by atoms with van der Waals surface area (Å²) in [5.41, 5.74) is 3.35. The number of rotatable bonds is 5. The van der Waals surface area contributed by atoms with E-state index >= 15 is 0 Å². The van der Waals surface area contributed by atoms with Gasteiger partial charge in [-0.05, 0) is 49.7 Å². The van der Waals surface area contributed by atoms with Crippen LogP contribution in [0.2, 0.25) is 5.02 Å². The third kappa shape index (κ3) is 4.58. The highest BCUT2D eigenvalue weighted by Crippen LogP contribution is 2.38. The number of nitrogens with zero attached hydrogens (tertiary/aromatic N) is 3. The zero-order chi connectivity index (χ0) is 28.8. The Balaban J connectivity index is 1.72. The first-order chi connectivity index (χ1) is 19.8. The average Bonchev–Trinajstić information content (AvgIpc) is 3.44. The lowest BCUT2D eigenvalue weighted by molar-refractivity contribution is -0.138. The molecule has 4 aromatic rings. The van der Waals surface area contributed by atoms with Crippen LogP contribution in [0.25, 0.3) is 11.3 Å². The molecule has 1 aromatic heterocycles. The standard InChI is InChI=1S/C31H23BrClN3O4S/c1-3-35-22-15-12-19(32)16-21(22)23(28(35)37)27-29(38)36-26(18-10-13-20(33)14-11-18)24(30(39)40-4-2)25(34-31(36)41-27)17-8-6-5-7-9-17/h5-16,26H,3-4H2,1-2H3/b27-23+/t26-/m1/s1. The summed E-state index contributed by atoms with van der Waals surface area (Å²) < 4.78 is 8.06. The van der Waals surface area contributed by atoms with Gasteiger partial charge in [0.1, 0.15) is 4.53 Å². The second kappa shape index (κ2) is 10.9. The summed E-state index contributed by atoms with van der Waals surface area (Å²) in [6.45, 7) is 4.23. The van der Waals surface area contributed by atoms with Gasteiger partial charge < -0.3 is 9.64 Å². The molecule has 0 spiro atoms. The number of halogens is 2. The van der Waals surface area contributed by atoms with Crippen molar-refractivity contribution in [3.8, 4) is 0 Å². The van der Waals surface area contributed by atoms with Gasteiger partial charge in [0, 0.05) is 27.2 Å². The summed E-state index contributed by atoms with van der Waals surface area (Å²) in [7, 11) is 0. The summed E-state index contributed by atoms with van der Waals surface area (Å²) in [6, 6.07) is 21.1. The number of likely N-dealkylation sites (N-methyl/N-ethyl adjacent to an activating group) is 1. The molecule has 0 radical (unpaired) electrons. The zero-order valence-corrected chi connectivity index (χ0v) is 25.2. The molecule has 41 heavy (non-hydrogen) atoms. The predicted octanol–water partition coefficient (Wildman–Crippen LogP) is 5.09. The van der Waals surface area contributed by atoms with E-state index in [4.69, 9.17) is 21.3 Å². The Morgan fingerprint density at radius 2 is 1.78 bits per heavy atom. The molecule has 3 heterocycles. The van der Waals surface area contributed by atoms with Gasteiger partial charge in [0.2, 0.25) is 0 Å². The number of hydrogen-bond acceptors (Lipinski definition) is 6. The van der Waals surface area contributed by atoms with Gasteiger partial charge in [-0.15, -0.1) is 0 Å². The second-order valence-electron chi connectivity index (χ2n) is 9.39. The molecule has 2 aliphatic heterocycles. The van der Waals surface area contributed by atoms with Crippen molar-refractivity contribution in [1.29, 1.82) is 0 Å². The SMILES string of the molecule is CCOC(=O)C1=C(c2ccccc2)N=c2s/c(=C3/C(=O)N(CC)c4ccc(Br)cc43)c(=O)n2[C@@H]1c1ccc(Cl)cc1. The molecular formula is C31H23BrClN3O4S. The number of aromatic nitrogens is 1. The minimum Gasteiger partial charge on any atom is -0.463 e. The van der Waals surface area contributed by atoms with Crippen molar-refractivity contribution in [2.75, 3.05) is 18.1 Å². The van der Waals surface area contributed by atoms with Gasteiger partial charge >= 0.3 is 5.97 Å². The quantitative estimate of drug-likeness (QED) is 0.283. The van der Waals surface area contributed by atoms with Crippen LogP contribution in [0.3, 0.4) is 0 Å². The zero-order valence-electron chi connectivity index (χ0n) is 22.1. The number of fused-ring (bicyclic) bond motifs is 2. The molecule has 0 N–H and O–H groups in total. The summed E-state index contributed by atoms with van der Waals surface area (Å²) >= 11 is 10.9. The van der Waals surface area contributed by atoms with E-state index in [1.54, 1.807) is 36.1 Å². The van der Waals surface area contributed by atoms with Gasteiger partial charge in [0.25, 0.3) is 11.5 Å². The fourth-order valence-electron chi connectivity index (χ4n) is 5.29. The molecule has 6 rings (SSSR count). The Morgan fingerprint density at radius 1 is 1.05 bits per heavy atom. The van der Waals surface area contributed by atoms with Gasteiger partial charge in [-0.25, -0.2) is 9.79 Å². The first-order valence-corrected chi connectivity index (χ1v) is 15.0. The molecule has 2 aliphatic rings. The smallest absolute Gasteiger partial charge is 0.338 e. The molecule has 3 aromatic carbocycles. The molecule has 1 amide bonds. The topological polar surface area (TPSA) is 81.0 Å². The van der Waals surface area contributed by atoms with Crippen LogP contribution in [-0.4, -0.2) is 29.6 Å². The minimum absolute atomic E-state index is 0.152. The number of carbonyl (C=O) groups is 2. The van der Waals surface area contributed by atoms with E-state index in [-0.39, 0.29) is 22.6 Å². The van der Waals surface area contributed by atoms with Crippen LogP contribution in [-0.2, 0) is 14.3 Å². The van der Waals surface area contributed by atoms with Crippen LogP contribution in [0.1, 0.15) is 36.6 Å². The highest BCUT2D eigenvalue weighted by molar-refractivity contribution is 9.10. The predicted molar refractivity (Wildman–Crippen MR) is 164 cm³/mol. The second-order valence-corrected chi connectivity index (χ2v) is 11.7. The fraction of sp³-hybridized carbons (Fsp3) is 0.161. The van der Waals surface area contributed by atoms with Crippen LogP contribution < -0.4 is 19.8 Å². The average molecular weight is 649 g/mol. The Hall–Kier alpha value is -3.79. The van der Waals surface area contributed by atoms with Crippen molar-refractivity contribution in [1.82, 2.24) is 4.57 Å². The number of benzene rings is 3. The lowest BCUT2D eigenvalue weighted by Gasteiger charge is -2.26. The molecule has 7 nitrogen and oxygen atoms in total. The largest absolute Gasteiger partial charge is 0.463 e. The lowest BCUT2D eigenvalue weighted by atomic mass is 9.93. The maximum Gasteiger partial charge on any atom is 0.338 e. The summed E-state index contributed by atoms with van der Waals surface area (Å²) in [4.78, 5) is 48.6. The molecule has 1 atom stereocenters. The maximum atomic E-state index is 14.4. The summed E-state index contributed by atoms with van der Waals surface area (Å²) in [6.07, 6.45) is 0. The molecule has 0 saturated heterocycles. The first-order valence-electron chi connectivity index (χ1n) is 13.0. The van der Waals surface area contributed by atoms with Gasteiger partial charge in [-0.1, -0.05) is 81.3 Å². The Kier molecular flexibility index (Phi) is 7.27. The summed E-state index contributed by atoms with van der Waals surface area (Å²) in [5, 5.41) is 0.520. The van der Waals surface area contributed by atoms with Crippen LogP contribution >= 0.6 is 38.9 Å². The number of hydrogen-bond donors (Lipinski definition) is 0. The van der Waals surface area contributed by atoms with Gasteiger partial charge in [0.15, 0.2) is 4.80 Å². The molecule has 206 valence electrons. The Labute approximate surface area is 252 Å². The molecule has 0 unspecified atom stereocenters. The molecule has 10 heteroatoms. The van der Waals surface area contributed by atoms with Crippen molar-refractivity contribution >= 4 is 67.7 Å². The van der Waals surface area contributed by atoms with E-state index in [1.165, 1.54) is 4.57 Å². The highest BCUT2D eigenvalue weighted by Gasteiger charge is 2.38. The van der Waals surface area contributed by atoms with E-state index in [9.17, 15) is 14.4 Å². The van der Waals surface area contributed by atoms with E-state index in [2.05, 4.69) is 15.9 Å². The van der Waals surface area contributed by atoms with E-state index < -0.39 is 17.6 Å². The van der Waals surface area contributed by atoms with Crippen LogP contribution in [0.4, 0.5) is 5.69 Å². The van der Waals surface area contributed by atoms with Gasteiger partial charge in [-0.3, -0.25) is 14.2 Å². The third-order valence-electron chi connectivity index (χ3n) is 7.06. The number of anilines is 1. The number of amides is 1. The van der Waals surface area contributed by atoms with Crippen molar-refractivity contribution in [3.63, 3.8) is 0 Å². The lowest BCUT2D eigenvalue weighted by Crippen LogP contribution is -2.41. The highest BCUT2D eigenvalue weighted by atomic mass is 79.9. The first kappa shape index (κ1) is 27.4. The molecule has 0 saturated carbocycles. The van der Waals surface area contributed by atoms with Crippen LogP contribution in [0, 0.1) is 0 Å². The van der Waals surface area contributed by atoms with Crippen molar-refractivity contribution < 1.29 is 14.3 Å². The number of carbonyl (C=O) groups excluding carboxylic acids is 2. The normalized spacial score (nSPS) is 17.3. The van der Waals surface area contributed by atoms with Gasteiger partial charge in [-0.2, -0.15) is 0 Å². The molecule has 0 bridgehead atoms. The molecule has 0 fully saturated rings. The van der Waals surface area contributed by atoms with E-state index in [0.29, 0.717) is 44.3 Å². The minimum atomic E-state index is -0.854.